The van der Waals surface area contributed by atoms with Crippen molar-refractivity contribution in [3.63, 3.8) is 0 Å². The van der Waals surface area contributed by atoms with Gasteiger partial charge < -0.3 is 4.74 Å². The largest absolute Gasteiger partial charge is 0.463 e. The first-order valence-corrected chi connectivity index (χ1v) is 11.5. The topological polar surface area (TPSA) is 34.5 Å². The summed E-state index contributed by atoms with van der Waals surface area (Å²) in [5.74, 6) is 0.498. The lowest BCUT2D eigenvalue weighted by molar-refractivity contribution is 0.212. The first-order chi connectivity index (χ1) is 14.0. The Kier molecular flexibility index (Phi) is 5.14. The molecule has 0 amide bonds. The minimum atomic E-state index is -0.571. The highest BCUT2D eigenvalue weighted by Gasteiger charge is 2.31. The van der Waals surface area contributed by atoms with Gasteiger partial charge in [-0.1, -0.05) is 39.1 Å². The fourth-order valence-corrected chi connectivity index (χ4v) is 5.16. The molecule has 1 unspecified atom stereocenters. The molecule has 2 aliphatic rings. The second kappa shape index (κ2) is 7.65. The van der Waals surface area contributed by atoms with Gasteiger partial charge in [-0.05, 0) is 48.7 Å². The van der Waals surface area contributed by atoms with Gasteiger partial charge in [-0.2, -0.15) is 0 Å². The number of fused-ring (bicyclic) bond motifs is 1. The van der Waals surface area contributed by atoms with Crippen LogP contribution in [0, 0.1) is 5.82 Å². The van der Waals surface area contributed by atoms with E-state index in [1.165, 1.54) is 18.9 Å². The first-order valence-electron chi connectivity index (χ1n) is 9.10. The minimum Gasteiger partial charge on any atom is -0.463 e. The molecule has 0 bridgehead atoms. The molecule has 1 aliphatic heterocycles. The van der Waals surface area contributed by atoms with Crippen molar-refractivity contribution < 1.29 is 9.13 Å². The van der Waals surface area contributed by atoms with Crippen LogP contribution in [-0.4, -0.2) is 10.7 Å². The Labute approximate surface area is 189 Å². The molecule has 8 heteroatoms. The van der Waals surface area contributed by atoms with Crippen LogP contribution in [-0.2, 0) is 6.42 Å². The van der Waals surface area contributed by atoms with Crippen molar-refractivity contribution in [3.8, 4) is 5.75 Å². The SMILES string of the molecule is Fc1cc(Cl)cc2c1C(Cc1cc(Cl)ccc1Br)=NC(c1cnc(C3CC3)s1)O2. The maximum absolute atomic E-state index is 14.8. The van der Waals surface area contributed by atoms with Crippen molar-refractivity contribution in [1.82, 2.24) is 4.98 Å². The van der Waals surface area contributed by atoms with Crippen molar-refractivity contribution in [3.05, 3.63) is 77.9 Å². The maximum atomic E-state index is 14.8. The van der Waals surface area contributed by atoms with Crippen LogP contribution >= 0.6 is 50.5 Å². The molecular weight excluding hydrogens is 498 g/mol. The Morgan fingerprint density at radius 3 is 2.79 bits per heavy atom. The summed E-state index contributed by atoms with van der Waals surface area (Å²) < 4.78 is 21.7. The molecule has 0 spiro atoms. The summed E-state index contributed by atoms with van der Waals surface area (Å²) in [6, 6.07) is 8.44. The molecule has 1 aliphatic carbocycles. The molecule has 1 fully saturated rings. The molecule has 3 aromatic rings. The van der Waals surface area contributed by atoms with Crippen molar-refractivity contribution in [2.45, 2.75) is 31.4 Å². The second-order valence-corrected chi connectivity index (χ2v) is 9.92. The number of aliphatic imine (C=N–C) groups is 1. The van der Waals surface area contributed by atoms with Crippen molar-refractivity contribution in [2.24, 2.45) is 4.99 Å². The number of hydrogen-bond donors (Lipinski definition) is 0. The number of thiazole rings is 1. The summed E-state index contributed by atoms with van der Waals surface area (Å²) >= 11 is 17.4. The summed E-state index contributed by atoms with van der Waals surface area (Å²) in [6.07, 6.45) is 4.00. The van der Waals surface area contributed by atoms with E-state index in [9.17, 15) is 4.39 Å². The van der Waals surface area contributed by atoms with Crippen LogP contribution in [0.3, 0.4) is 0 Å². The summed E-state index contributed by atoms with van der Waals surface area (Å²) in [5, 5.41) is 2.01. The summed E-state index contributed by atoms with van der Waals surface area (Å²) in [6.45, 7) is 0. The van der Waals surface area contributed by atoms with Crippen LogP contribution in [0.1, 0.15) is 46.0 Å². The lowest BCUT2D eigenvalue weighted by Gasteiger charge is -2.25. The standard InChI is InChI=1S/C21H14BrCl2FN2OS/c22-14-4-3-12(23)5-11(14)6-16-19-15(25)7-13(24)8-17(19)28-20(27-16)18-9-26-21(29-18)10-1-2-10/h3-5,7-10,20H,1-2,6H2. The molecule has 148 valence electrons. The molecule has 0 N–H and O–H groups in total. The molecule has 29 heavy (non-hydrogen) atoms. The van der Waals surface area contributed by atoms with Crippen LogP contribution in [0.15, 0.2) is 46.0 Å². The van der Waals surface area contributed by atoms with E-state index in [2.05, 4.69) is 20.9 Å². The fraction of sp³-hybridized carbons (Fsp3) is 0.238. The van der Waals surface area contributed by atoms with Crippen molar-refractivity contribution in [2.75, 3.05) is 0 Å². The van der Waals surface area contributed by atoms with Gasteiger partial charge in [-0.25, -0.2) is 14.4 Å². The van der Waals surface area contributed by atoms with Crippen molar-refractivity contribution in [1.29, 1.82) is 0 Å². The summed E-state index contributed by atoms with van der Waals surface area (Å²) in [5.41, 5.74) is 1.85. The Balaban J connectivity index is 1.57. The summed E-state index contributed by atoms with van der Waals surface area (Å²) in [7, 11) is 0. The third-order valence-electron chi connectivity index (χ3n) is 4.90. The van der Waals surface area contributed by atoms with Crippen LogP contribution in [0.25, 0.3) is 0 Å². The van der Waals surface area contributed by atoms with Gasteiger partial charge >= 0.3 is 0 Å². The summed E-state index contributed by atoms with van der Waals surface area (Å²) in [4.78, 5) is 10.2. The van der Waals surface area contributed by atoms with Gasteiger partial charge in [0.2, 0.25) is 6.23 Å². The van der Waals surface area contributed by atoms with E-state index in [1.54, 1.807) is 23.5 Å². The normalized spacial score (nSPS) is 18.2. The van der Waals surface area contributed by atoms with Crippen LogP contribution in [0.5, 0.6) is 5.75 Å². The van der Waals surface area contributed by atoms with Gasteiger partial charge in [0.15, 0.2) is 0 Å². The molecular formula is C21H14BrCl2FN2OS. The number of aromatic nitrogens is 1. The van der Waals surface area contributed by atoms with E-state index in [4.69, 9.17) is 32.9 Å². The van der Waals surface area contributed by atoms with Gasteiger partial charge in [-0.3, -0.25) is 0 Å². The van der Waals surface area contributed by atoms with Crippen LogP contribution in [0.4, 0.5) is 4.39 Å². The maximum Gasteiger partial charge on any atom is 0.226 e. The van der Waals surface area contributed by atoms with E-state index in [1.807, 2.05) is 18.3 Å². The highest BCUT2D eigenvalue weighted by atomic mass is 79.9. The number of hydrogen-bond acceptors (Lipinski definition) is 4. The fourth-order valence-electron chi connectivity index (χ4n) is 3.32. The Morgan fingerprint density at radius 1 is 1.17 bits per heavy atom. The number of rotatable bonds is 4. The monoisotopic (exact) mass is 510 g/mol. The number of ether oxygens (including phenoxy) is 1. The van der Waals surface area contributed by atoms with Crippen LogP contribution < -0.4 is 4.74 Å². The second-order valence-electron chi connectivity index (χ2n) is 7.09. The van der Waals surface area contributed by atoms with Gasteiger partial charge in [0.25, 0.3) is 0 Å². The number of nitrogens with zero attached hydrogens (tertiary/aromatic N) is 2. The molecule has 3 nitrogen and oxygen atoms in total. The predicted molar refractivity (Wildman–Crippen MR) is 118 cm³/mol. The Hall–Kier alpha value is -1.47. The predicted octanol–water partition coefficient (Wildman–Crippen LogP) is 7.35. The molecule has 0 saturated heterocycles. The zero-order valence-corrected chi connectivity index (χ0v) is 18.9. The lowest BCUT2D eigenvalue weighted by Crippen LogP contribution is -2.20. The average molecular weight is 512 g/mol. The zero-order valence-electron chi connectivity index (χ0n) is 15.0. The molecule has 2 aromatic carbocycles. The minimum absolute atomic E-state index is 0.285. The molecule has 1 aromatic heterocycles. The van der Waals surface area contributed by atoms with E-state index in [0.29, 0.717) is 34.4 Å². The average Bonchev–Trinajstić information content (AvgIpc) is 3.40. The first kappa shape index (κ1) is 19.5. The third-order valence-corrected chi connectivity index (χ3v) is 7.31. The molecule has 5 rings (SSSR count). The molecule has 2 heterocycles. The smallest absolute Gasteiger partial charge is 0.226 e. The van der Waals surface area contributed by atoms with Gasteiger partial charge in [-0.15, -0.1) is 11.3 Å². The van der Waals surface area contributed by atoms with E-state index >= 15 is 0 Å². The third kappa shape index (κ3) is 3.96. The quantitative estimate of drug-likeness (QED) is 0.367. The van der Waals surface area contributed by atoms with E-state index < -0.39 is 12.0 Å². The molecule has 1 saturated carbocycles. The molecule has 0 radical (unpaired) electrons. The van der Waals surface area contributed by atoms with Crippen molar-refractivity contribution >= 4 is 56.2 Å². The highest BCUT2D eigenvalue weighted by molar-refractivity contribution is 9.10. The van der Waals surface area contributed by atoms with Crippen LogP contribution in [0.2, 0.25) is 10.0 Å². The zero-order chi connectivity index (χ0) is 20.1. The number of halogens is 4. The van der Waals surface area contributed by atoms with E-state index in [0.717, 1.165) is 19.9 Å². The van der Waals surface area contributed by atoms with E-state index in [-0.39, 0.29) is 5.02 Å². The highest BCUT2D eigenvalue weighted by Crippen LogP contribution is 2.44. The Bertz CT molecular complexity index is 1150. The lowest BCUT2D eigenvalue weighted by atomic mass is 9.99. The Morgan fingerprint density at radius 2 is 2.00 bits per heavy atom. The van der Waals surface area contributed by atoms with Gasteiger partial charge in [0.1, 0.15) is 11.6 Å². The molecule has 1 atom stereocenters. The van der Waals surface area contributed by atoms with Gasteiger partial charge in [0.05, 0.1) is 21.2 Å². The van der Waals surface area contributed by atoms with Gasteiger partial charge in [0, 0.05) is 33.1 Å². The number of benzene rings is 2.